The first kappa shape index (κ1) is 23.8. The summed E-state index contributed by atoms with van der Waals surface area (Å²) in [5, 5.41) is 15.3. The van der Waals surface area contributed by atoms with Gasteiger partial charge in [-0.25, -0.2) is 4.98 Å². The molecule has 2 heterocycles. The molecule has 0 radical (unpaired) electrons. The molecule has 16 heavy (non-hydrogen) atoms. The Labute approximate surface area is 96.9 Å². The van der Waals surface area contributed by atoms with Crippen LogP contribution < -0.4 is 11.5 Å². The van der Waals surface area contributed by atoms with Gasteiger partial charge < -0.3 is 11.5 Å². The van der Waals surface area contributed by atoms with Gasteiger partial charge in [0.25, 0.3) is 0 Å². The summed E-state index contributed by atoms with van der Waals surface area (Å²) >= 11 is 0. The monoisotopic (exact) mass is 232 g/mol. The molecule has 8 heteroatoms. The third-order valence-corrected chi connectivity index (χ3v) is 0.662. The molecule has 0 saturated heterocycles. The molecule has 0 spiro atoms. The van der Waals surface area contributed by atoms with Crippen molar-refractivity contribution in [2.24, 2.45) is 11.5 Å². The molecule has 0 bridgehead atoms. The van der Waals surface area contributed by atoms with E-state index in [0.29, 0.717) is 0 Å². The Hall–Kier alpha value is -1.80. The van der Waals surface area contributed by atoms with Crippen LogP contribution in [0.15, 0.2) is 25.0 Å². The van der Waals surface area contributed by atoms with E-state index in [2.05, 4.69) is 42.1 Å². The van der Waals surface area contributed by atoms with Crippen LogP contribution in [0.2, 0.25) is 0 Å². The van der Waals surface area contributed by atoms with Crippen molar-refractivity contribution >= 4 is 0 Å². The average Bonchev–Trinajstić information content (AvgIpc) is 3.01. The van der Waals surface area contributed by atoms with Crippen LogP contribution >= 0.6 is 0 Å². The van der Waals surface area contributed by atoms with Gasteiger partial charge in [-0.15, -0.1) is 0 Å². The Morgan fingerprint density at radius 1 is 0.875 bits per heavy atom. The molecule has 0 aromatic carbocycles. The molecule has 0 saturated carbocycles. The maximum Gasteiger partial charge on any atom is 0.137 e. The number of rotatable bonds is 0. The number of hydrogen-bond acceptors (Lipinski definition) is 6. The quantitative estimate of drug-likeness (QED) is 0.506. The molecule has 2 rings (SSSR count). The summed E-state index contributed by atoms with van der Waals surface area (Å²) in [5.41, 5.74) is 9.00. The predicted molar refractivity (Wildman–Crippen MR) is 66.5 cm³/mol. The minimum atomic E-state index is 0. The summed E-state index contributed by atoms with van der Waals surface area (Å²) < 4.78 is 0. The predicted octanol–water partition coefficient (Wildman–Crippen LogP) is 0.0314. The Balaban J connectivity index is -0.0000000631. The SMILES string of the molecule is C.C.CN.CN.c1cn[nH]n1.c1nc[nH]n1. The summed E-state index contributed by atoms with van der Waals surface area (Å²) in [6.07, 6.45) is 6.12. The first-order chi connectivity index (χ1) is 7.00. The van der Waals surface area contributed by atoms with Crippen molar-refractivity contribution in [1.29, 1.82) is 0 Å². The van der Waals surface area contributed by atoms with Gasteiger partial charge in [0, 0.05) is 0 Å². The molecule has 0 unspecified atom stereocenters. The highest BCUT2D eigenvalue weighted by Gasteiger charge is 1.57. The molecule has 0 atom stereocenters. The largest absolute Gasteiger partial charge is 0.333 e. The van der Waals surface area contributed by atoms with Gasteiger partial charge in [0.2, 0.25) is 0 Å². The van der Waals surface area contributed by atoms with Crippen molar-refractivity contribution in [2.75, 3.05) is 14.1 Å². The number of hydrogen-bond donors (Lipinski definition) is 4. The van der Waals surface area contributed by atoms with Gasteiger partial charge >= 0.3 is 0 Å². The lowest BCUT2D eigenvalue weighted by atomic mass is 11.0. The van der Waals surface area contributed by atoms with Crippen molar-refractivity contribution in [1.82, 2.24) is 30.6 Å². The van der Waals surface area contributed by atoms with Crippen LogP contribution in [-0.4, -0.2) is 44.7 Å². The standard InChI is InChI=1S/2C2H3N3.2CH5N.2CH4/c1-3-2-5-4-1;1-2-4-5-3-1;2*1-2;;/h2*1-2H,(H,3,4,5);2*2H2,1H3;2*1H4. The van der Waals surface area contributed by atoms with Gasteiger partial charge in [-0.3, -0.25) is 5.10 Å². The molecular formula is C8H24N8. The Morgan fingerprint density at radius 2 is 1.38 bits per heavy atom. The Bertz CT molecular complexity index is 155. The molecular weight excluding hydrogens is 208 g/mol. The first-order valence-corrected chi connectivity index (χ1v) is 3.74. The summed E-state index contributed by atoms with van der Waals surface area (Å²) in [6.45, 7) is 0. The lowest BCUT2D eigenvalue weighted by Gasteiger charge is -1.48. The van der Waals surface area contributed by atoms with E-state index >= 15 is 0 Å². The van der Waals surface area contributed by atoms with E-state index < -0.39 is 0 Å². The summed E-state index contributed by atoms with van der Waals surface area (Å²) in [7, 11) is 3.00. The Kier molecular flexibility index (Phi) is 43.4. The van der Waals surface area contributed by atoms with E-state index in [1.54, 1.807) is 12.4 Å². The summed E-state index contributed by atoms with van der Waals surface area (Å²) in [5.74, 6) is 0. The van der Waals surface area contributed by atoms with Gasteiger partial charge in [-0.2, -0.15) is 20.5 Å². The topological polar surface area (TPSA) is 135 Å². The van der Waals surface area contributed by atoms with E-state index in [-0.39, 0.29) is 14.9 Å². The number of H-pyrrole nitrogens is 2. The minimum absolute atomic E-state index is 0. The van der Waals surface area contributed by atoms with Crippen LogP contribution in [0.4, 0.5) is 0 Å². The molecule has 0 aliphatic carbocycles. The van der Waals surface area contributed by atoms with Gasteiger partial charge in [0.05, 0.1) is 12.4 Å². The molecule has 0 amide bonds. The third-order valence-electron chi connectivity index (χ3n) is 0.662. The fourth-order valence-electron chi connectivity index (χ4n) is 0.333. The van der Waals surface area contributed by atoms with Crippen molar-refractivity contribution in [3.8, 4) is 0 Å². The van der Waals surface area contributed by atoms with E-state index in [9.17, 15) is 0 Å². The average molecular weight is 232 g/mol. The number of nitrogens with one attached hydrogen (secondary N) is 2. The van der Waals surface area contributed by atoms with Crippen LogP contribution in [-0.2, 0) is 0 Å². The van der Waals surface area contributed by atoms with Gasteiger partial charge in [-0.05, 0) is 14.1 Å². The number of nitrogens with zero attached hydrogens (tertiary/aromatic N) is 4. The third kappa shape index (κ3) is 22.8. The van der Waals surface area contributed by atoms with Gasteiger partial charge in [-0.1, -0.05) is 14.9 Å². The maximum absolute atomic E-state index is 4.50. The first-order valence-electron chi connectivity index (χ1n) is 3.74. The fraction of sp³-hybridized carbons (Fsp3) is 0.500. The zero-order chi connectivity index (χ0) is 11.1. The minimum Gasteiger partial charge on any atom is -0.333 e. The lowest BCUT2D eigenvalue weighted by molar-refractivity contribution is 0.940. The van der Waals surface area contributed by atoms with Gasteiger partial charge in [0.15, 0.2) is 0 Å². The van der Waals surface area contributed by atoms with E-state index in [1.165, 1.54) is 26.7 Å². The molecule has 0 aliphatic heterocycles. The molecule has 0 aliphatic rings. The Morgan fingerprint density at radius 3 is 1.50 bits per heavy atom. The number of nitrogens with two attached hydrogens (primary N) is 2. The van der Waals surface area contributed by atoms with E-state index in [0.717, 1.165) is 0 Å². The molecule has 2 aromatic heterocycles. The molecule has 96 valence electrons. The van der Waals surface area contributed by atoms with Crippen molar-refractivity contribution in [3.63, 3.8) is 0 Å². The zero-order valence-corrected chi connectivity index (χ0v) is 8.25. The highest BCUT2D eigenvalue weighted by Crippen LogP contribution is 1.55. The van der Waals surface area contributed by atoms with Crippen molar-refractivity contribution < 1.29 is 0 Å². The van der Waals surface area contributed by atoms with Crippen molar-refractivity contribution in [2.45, 2.75) is 14.9 Å². The second-order valence-electron chi connectivity index (χ2n) is 1.31. The molecule has 8 nitrogen and oxygen atoms in total. The zero-order valence-electron chi connectivity index (χ0n) is 8.25. The second-order valence-corrected chi connectivity index (χ2v) is 1.31. The van der Waals surface area contributed by atoms with Crippen LogP contribution in [0.25, 0.3) is 0 Å². The fourth-order valence-corrected chi connectivity index (χ4v) is 0.333. The maximum atomic E-state index is 4.50. The van der Waals surface area contributed by atoms with Crippen LogP contribution in [0, 0.1) is 0 Å². The highest BCUT2D eigenvalue weighted by molar-refractivity contribution is 4.54. The van der Waals surface area contributed by atoms with E-state index in [4.69, 9.17) is 0 Å². The normalized spacial score (nSPS) is 5.75. The molecule has 6 N–H and O–H groups in total. The van der Waals surface area contributed by atoms with Crippen LogP contribution in [0.5, 0.6) is 0 Å². The number of aromatic nitrogens is 6. The number of aromatic amines is 2. The summed E-state index contributed by atoms with van der Waals surface area (Å²) in [6, 6.07) is 0. The smallest absolute Gasteiger partial charge is 0.137 e. The van der Waals surface area contributed by atoms with Crippen molar-refractivity contribution in [3.05, 3.63) is 25.0 Å². The van der Waals surface area contributed by atoms with Crippen LogP contribution in [0.3, 0.4) is 0 Å². The summed E-state index contributed by atoms with van der Waals surface area (Å²) in [4.78, 5) is 3.56. The second kappa shape index (κ2) is 29.2. The lowest BCUT2D eigenvalue weighted by Crippen LogP contribution is -1.69. The van der Waals surface area contributed by atoms with E-state index in [1.807, 2.05) is 0 Å². The molecule has 0 fully saturated rings. The van der Waals surface area contributed by atoms with Crippen LogP contribution in [0.1, 0.15) is 14.9 Å². The highest BCUT2D eigenvalue weighted by atomic mass is 15.3. The van der Waals surface area contributed by atoms with Gasteiger partial charge in [0.1, 0.15) is 12.7 Å². The molecule has 2 aromatic rings.